The van der Waals surface area contributed by atoms with E-state index in [2.05, 4.69) is 0 Å². The standard InChI is InChI=1S/C22H28N2O4S/c1-16-8-5-6-9-20(16)15-23(4)22(25)19-10-7-11-21(12-19)29(26,27)24-13-17(2)28-18(3)14-24/h5-12,17-18H,13-15H2,1-4H3. The van der Waals surface area contributed by atoms with Gasteiger partial charge in [0, 0.05) is 32.2 Å². The molecule has 1 saturated heterocycles. The zero-order valence-corrected chi connectivity index (χ0v) is 18.1. The highest BCUT2D eigenvalue weighted by Gasteiger charge is 2.32. The predicted molar refractivity (Wildman–Crippen MR) is 112 cm³/mol. The first kappa shape index (κ1) is 21.5. The topological polar surface area (TPSA) is 66.9 Å². The summed E-state index contributed by atoms with van der Waals surface area (Å²) in [6.45, 7) is 6.79. The van der Waals surface area contributed by atoms with Crippen molar-refractivity contribution in [2.45, 2.75) is 44.4 Å². The number of nitrogens with zero attached hydrogens (tertiary/aromatic N) is 2. The number of rotatable bonds is 5. The molecule has 2 aromatic carbocycles. The lowest BCUT2D eigenvalue weighted by Gasteiger charge is -2.34. The molecule has 1 amide bonds. The minimum atomic E-state index is -3.69. The van der Waals surface area contributed by atoms with Gasteiger partial charge in [-0.15, -0.1) is 0 Å². The van der Waals surface area contributed by atoms with Crippen molar-refractivity contribution in [3.63, 3.8) is 0 Å². The van der Waals surface area contributed by atoms with Crippen LogP contribution >= 0.6 is 0 Å². The lowest BCUT2D eigenvalue weighted by molar-refractivity contribution is -0.0440. The summed E-state index contributed by atoms with van der Waals surface area (Å²) in [6, 6.07) is 14.2. The van der Waals surface area contributed by atoms with Crippen LogP contribution < -0.4 is 0 Å². The molecular weight excluding hydrogens is 388 g/mol. The number of carbonyl (C=O) groups is 1. The van der Waals surface area contributed by atoms with Crippen molar-refractivity contribution >= 4 is 15.9 Å². The minimum Gasteiger partial charge on any atom is -0.373 e. The van der Waals surface area contributed by atoms with Gasteiger partial charge in [0.2, 0.25) is 10.0 Å². The first-order valence-electron chi connectivity index (χ1n) is 9.74. The highest BCUT2D eigenvalue weighted by atomic mass is 32.2. The molecule has 0 bridgehead atoms. The third-order valence-electron chi connectivity index (χ3n) is 5.12. The van der Waals surface area contributed by atoms with E-state index in [9.17, 15) is 13.2 Å². The van der Waals surface area contributed by atoms with E-state index < -0.39 is 10.0 Å². The normalized spacial score (nSPS) is 20.4. The van der Waals surface area contributed by atoms with Crippen molar-refractivity contribution in [3.05, 3.63) is 65.2 Å². The number of morpholine rings is 1. The van der Waals surface area contributed by atoms with Gasteiger partial charge in [0.05, 0.1) is 17.1 Å². The Morgan fingerprint density at radius 1 is 1.10 bits per heavy atom. The fourth-order valence-electron chi connectivity index (χ4n) is 3.60. The Morgan fingerprint density at radius 2 is 1.76 bits per heavy atom. The molecule has 0 spiro atoms. The SMILES string of the molecule is Cc1ccccc1CN(C)C(=O)c1cccc(S(=O)(=O)N2CC(C)OC(C)C2)c1. The van der Waals surface area contributed by atoms with E-state index in [-0.39, 0.29) is 23.0 Å². The van der Waals surface area contributed by atoms with E-state index >= 15 is 0 Å². The lowest BCUT2D eigenvalue weighted by atomic mass is 10.1. The Labute approximate surface area is 173 Å². The summed E-state index contributed by atoms with van der Waals surface area (Å²) in [5.41, 5.74) is 2.53. The summed E-state index contributed by atoms with van der Waals surface area (Å²) < 4.78 is 33.3. The highest BCUT2D eigenvalue weighted by molar-refractivity contribution is 7.89. The van der Waals surface area contributed by atoms with Crippen molar-refractivity contribution in [2.24, 2.45) is 0 Å². The van der Waals surface area contributed by atoms with E-state index in [1.807, 2.05) is 45.0 Å². The second-order valence-corrected chi connectivity index (χ2v) is 9.63. The van der Waals surface area contributed by atoms with Crippen molar-refractivity contribution < 1.29 is 17.9 Å². The number of hydrogen-bond acceptors (Lipinski definition) is 4. The lowest BCUT2D eigenvalue weighted by Crippen LogP contribution is -2.48. The number of amides is 1. The zero-order valence-electron chi connectivity index (χ0n) is 17.3. The van der Waals surface area contributed by atoms with Gasteiger partial charge in [-0.3, -0.25) is 4.79 Å². The van der Waals surface area contributed by atoms with Crippen LogP contribution in [0.25, 0.3) is 0 Å². The molecule has 6 nitrogen and oxygen atoms in total. The van der Waals surface area contributed by atoms with E-state index in [4.69, 9.17) is 4.74 Å². The molecule has 156 valence electrons. The van der Waals surface area contributed by atoms with Crippen molar-refractivity contribution in [3.8, 4) is 0 Å². The minimum absolute atomic E-state index is 0.133. The average molecular weight is 417 g/mol. The Kier molecular flexibility index (Phi) is 6.41. The van der Waals surface area contributed by atoms with Crippen LogP contribution in [-0.4, -0.2) is 55.9 Å². The van der Waals surface area contributed by atoms with Gasteiger partial charge in [-0.05, 0) is 50.1 Å². The zero-order chi connectivity index (χ0) is 21.2. The van der Waals surface area contributed by atoms with E-state index in [1.54, 1.807) is 24.1 Å². The second-order valence-electron chi connectivity index (χ2n) is 7.69. The number of aryl methyl sites for hydroxylation is 1. The third-order valence-corrected chi connectivity index (χ3v) is 6.95. The second kappa shape index (κ2) is 8.65. The molecule has 1 aliphatic heterocycles. The average Bonchev–Trinajstić information content (AvgIpc) is 2.68. The molecule has 2 atom stereocenters. The Balaban J connectivity index is 1.81. The number of ether oxygens (including phenoxy) is 1. The van der Waals surface area contributed by atoms with Gasteiger partial charge in [0.25, 0.3) is 5.91 Å². The molecule has 1 aliphatic rings. The quantitative estimate of drug-likeness (QED) is 0.751. The van der Waals surface area contributed by atoms with Crippen LogP contribution in [0.3, 0.4) is 0 Å². The summed E-state index contributed by atoms with van der Waals surface area (Å²) >= 11 is 0. The van der Waals surface area contributed by atoms with Crippen molar-refractivity contribution in [1.82, 2.24) is 9.21 Å². The van der Waals surface area contributed by atoms with Gasteiger partial charge >= 0.3 is 0 Å². The molecule has 7 heteroatoms. The van der Waals surface area contributed by atoms with Crippen LogP contribution in [0.5, 0.6) is 0 Å². The molecule has 3 rings (SSSR count). The molecular formula is C22H28N2O4S. The molecule has 29 heavy (non-hydrogen) atoms. The van der Waals surface area contributed by atoms with Gasteiger partial charge in [0.1, 0.15) is 0 Å². The van der Waals surface area contributed by atoms with E-state index in [0.29, 0.717) is 25.2 Å². The van der Waals surface area contributed by atoms with E-state index in [0.717, 1.165) is 11.1 Å². The van der Waals surface area contributed by atoms with Crippen LogP contribution in [0, 0.1) is 6.92 Å². The number of hydrogen-bond donors (Lipinski definition) is 0. The van der Waals surface area contributed by atoms with Crippen LogP contribution in [0.1, 0.15) is 35.3 Å². The summed E-state index contributed by atoms with van der Waals surface area (Å²) in [7, 11) is -1.97. The predicted octanol–water partition coefficient (Wildman–Crippen LogP) is 3.07. The molecule has 2 aromatic rings. The molecule has 1 fully saturated rings. The van der Waals surface area contributed by atoms with Crippen LogP contribution in [0.2, 0.25) is 0 Å². The third kappa shape index (κ3) is 4.86. The van der Waals surface area contributed by atoms with Crippen molar-refractivity contribution in [1.29, 1.82) is 0 Å². The first-order valence-corrected chi connectivity index (χ1v) is 11.2. The van der Waals surface area contributed by atoms with Crippen LogP contribution in [0.15, 0.2) is 53.4 Å². The fraction of sp³-hybridized carbons (Fsp3) is 0.409. The maximum atomic E-state index is 13.1. The van der Waals surface area contributed by atoms with Gasteiger partial charge in [-0.25, -0.2) is 8.42 Å². The Hall–Kier alpha value is -2.22. The van der Waals surface area contributed by atoms with Crippen LogP contribution in [0.4, 0.5) is 0 Å². The molecule has 0 aromatic heterocycles. The summed E-state index contributed by atoms with van der Waals surface area (Å²) in [5.74, 6) is -0.214. The number of benzene rings is 2. The fourth-order valence-corrected chi connectivity index (χ4v) is 5.24. The summed E-state index contributed by atoms with van der Waals surface area (Å²) in [4.78, 5) is 14.7. The summed E-state index contributed by atoms with van der Waals surface area (Å²) in [6.07, 6.45) is -0.336. The molecule has 1 heterocycles. The van der Waals surface area contributed by atoms with E-state index in [1.165, 1.54) is 16.4 Å². The van der Waals surface area contributed by atoms with Crippen LogP contribution in [-0.2, 0) is 21.3 Å². The monoisotopic (exact) mass is 416 g/mol. The number of sulfonamides is 1. The van der Waals surface area contributed by atoms with Gasteiger partial charge < -0.3 is 9.64 Å². The van der Waals surface area contributed by atoms with Gasteiger partial charge in [0.15, 0.2) is 0 Å². The maximum absolute atomic E-state index is 13.1. The Morgan fingerprint density at radius 3 is 2.41 bits per heavy atom. The first-order chi connectivity index (χ1) is 13.7. The Bertz CT molecular complexity index is 980. The van der Waals surface area contributed by atoms with Gasteiger partial charge in [-0.2, -0.15) is 4.31 Å². The molecule has 0 N–H and O–H groups in total. The van der Waals surface area contributed by atoms with Gasteiger partial charge in [-0.1, -0.05) is 30.3 Å². The number of carbonyl (C=O) groups excluding carboxylic acids is 1. The molecule has 0 saturated carbocycles. The molecule has 0 aliphatic carbocycles. The smallest absolute Gasteiger partial charge is 0.253 e. The largest absolute Gasteiger partial charge is 0.373 e. The summed E-state index contributed by atoms with van der Waals surface area (Å²) in [5, 5.41) is 0. The molecule has 2 unspecified atom stereocenters. The molecule has 0 radical (unpaired) electrons. The maximum Gasteiger partial charge on any atom is 0.253 e. The van der Waals surface area contributed by atoms with Crippen molar-refractivity contribution in [2.75, 3.05) is 20.1 Å². The highest BCUT2D eigenvalue weighted by Crippen LogP contribution is 2.22.